The van der Waals surface area contributed by atoms with Gasteiger partial charge in [0.25, 0.3) is 0 Å². The Morgan fingerprint density at radius 1 is 1.13 bits per heavy atom. The van der Waals surface area contributed by atoms with E-state index in [9.17, 15) is 14.4 Å². The van der Waals surface area contributed by atoms with E-state index < -0.39 is 0 Å². The number of amides is 1. The van der Waals surface area contributed by atoms with Gasteiger partial charge in [0.15, 0.2) is 0 Å². The highest BCUT2D eigenvalue weighted by atomic mass is 16.3. The number of aliphatic hydroxyl groups is 1. The minimum atomic E-state index is -0.359. The number of nitrogens with one attached hydrogen (secondary N) is 1. The Balaban J connectivity index is -0.000000155. The number of rotatable bonds is 2. The van der Waals surface area contributed by atoms with Crippen molar-refractivity contribution in [3.63, 3.8) is 0 Å². The SMILES string of the molecule is C=CC(=O)NCO.CC(C)=O.CC(C)=O. The zero-order valence-corrected chi connectivity index (χ0v) is 9.66. The van der Waals surface area contributed by atoms with Gasteiger partial charge >= 0.3 is 0 Å². The van der Waals surface area contributed by atoms with E-state index in [1.165, 1.54) is 27.7 Å². The van der Waals surface area contributed by atoms with Crippen molar-refractivity contribution in [3.8, 4) is 0 Å². The van der Waals surface area contributed by atoms with E-state index >= 15 is 0 Å². The van der Waals surface area contributed by atoms with E-state index in [-0.39, 0.29) is 24.2 Å². The molecule has 0 aliphatic carbocycles. The van der Waals surface area contributed by atoms with Crippen LogP contribution in [0.15, 0.2) is 12.7 Å². The van der Waals surface area contributed by atoms with Crippen molar-refractivity contribution in [2.24, 2.45) is 0 Å². The topological polar surface area (TPSA) is 83.5 Å². The second-order valence-electron chi connectivity index (χ2n) is 2.72. The van der Waals surface area contributed by atoms with Gasteiger partial charge in [0.1, 0.15) is 18.3 Å². The third kappa shape index (κ3) is 112. The molecule has 0 spiro atoms. The zero-order chi connectivity index (χ0) is 12.9. The molecule has 5 nitrogen and oxygen atoms in total. The first-order chi connectivity index (χ1) is 6.77. The van der Waals surface area contributed by atoms with Crippen molar-refractivity contribution >= 4 is 17.5 Å². The lowest BCUT2D eigenvalue weighted by Gasteiger charge is -1.89. The maximum Gasteiger partial charge on any atom is 0.245 e. The van der Waals surface area contributed by atoms with E-state index in [1.807, 2.05) is 0 Å². The van der Waals surface area contributed by atoms with Crippen LogP contribution in [0.2, 0.25) is 0 Å². The molecule has 0 aromatic heterocycles. The minimum Gasteiger partial charge on any atom is -0.376 e. The largest absolute Gasteiger partial charge is 0.376 e. The summed E-state index contributed by atoms with van der Waals surface area (Å²) in [5.74, 6) is -0.0255. The molecule has 88 valence electrons. The molecule has 0 unspecified atom stereocenters. The number of aliphatic hydroxyl groups excluding tert-OH is 1. The summed E-state index contributed by atoms with van der Waals surface area (Å²) in [7, 11) is 0. The highest BCUT2D eigenvalue weighted by molar-refractivity contribution is 5.86. The number of hydrogen-bond acceptors (Lipinski definition) is 4. The predicted octanol–water partition coefficient (Wildman–Crippen LogP) is 0.429. The lowest BCUT2D eigenvalue weighted by Crippen LogP contribution is -2.20. The molecule has 0 aromatic rings. The average molecular weight is 217 g/mol. The normalized spacial score (nSPS) is 7.00. The Bertz CT molecular complexity index is 191. The fourth-order valence-electron chi connectivity index (χ4n) is 0.150. The van der Waals surface area contributed by atoms with Gasteiger partial charge < -0.3 is 20.0 Å². The van der Waals surface area contributed by atoms with Crippen molar-refractivity contribution in [2.45, 2.75) is 27.7 Å². The number of ketones is 2. The number of Topliss-reactive ketones (excluding diaryl/α,β-unsaturated/α-hetero) is 2. The van der Waals surface area contributed by atoms with Gasteiger partial charge in [-0.15, -0.1) is 0 Å². The summed E-state index contributed by atoms with van der Waals surface area (Å²) in [6.45, 7) is 8.94. The molecule has 15 heavy (non-hydrogen) atoms. The molecule has 0 saturated heterocycles. The quantitative estimate of drug-likeness (QED) is 0.519. The van der Waals surface area contributed by atoms with Crippen LogP contribution in [0.1, 0.15) is 27.7 Å². The molecule has 0 fully saturated rings. The second kappa shape index (κ2) is 15.0. The average Bonchev–Trinajstić information content (AvgIpc) is 2.02. The molecule has 0 radical (unpaired) electrons. The predicted molar refractivity (Wildman–Crippen MR) is 58.1 cm³/mol. The van der Waals surface area contributed by atoms with Gasteiger partial charge in [0, 0.05) is 0 Å². The van der Waals surface area contributed by atoms with Crippen LogP contribution in [0.25, 0.3) is 0 Å². The van der Waals surface area contributed by atoms with Crippen LogP contribution in [0, 0.1) is 0 Å². The third-order valence-electron chi connectivity index (χ3n) is 0.439. The van der Waals surface area contributed by atoms with Gasteiger partial charge in [0.2, 0.25) is 5.91 Å². The zero-order valence-electron chi connectivity index (χ0n) is 9.66. The number of carbonyl (C=O) groups excluding carboxylic acids is 3. The summed E-state index contributed by atoms with van der Waals surface area (Å²) in [5.41, 5.74) is 0. The Morgan fingerprint density at radius 3 is 1.47 bits per heavy atom. The van der Waals surface area contributed by atoms with Crippen LogP contribution in [0.4, 0.5) is 0 Å². The van der Waals surface area contributed by atoms with E-state index in [0.717, 1.165) is 6.08 Å². The fourth-order valence-corrected chi connectivity index (χ4v) is 0.150. The number of hydrogen-bond donors (Lipinski definition) is 2. The fraction of sp³-hybridized carbons (Fsp3) is 0.500. The van der Waals surface area contributed by atoms with Crippen LogP contribution in [0.3, 0.4) is 0 Å². The van der Waals surface area contributed by atoms with Crippen LogP contribution in [-0.4, -0.2) is 29.3 Å². The van der Waals surface area contributed by atoms with E-state index in [4.69, 9.17) is 5.11 Å². The Labute approximate surface area is 90.2 Å². The van der Waals surface area contributed by atoms with Crippen molar-refractivity contribution in [2.75, 3.05) is 6.73 Å². The third-order valence-corrected chi connectivity index (χ3v) is 0.439. The minimum absolute atomic E-state index is 0.167. The van der Waals surface area contributed by atoms with Crippen LogP contribution >= 0.6 is 0 Å². The molecule has 2 N–H and O–H groups in total. The van der Waals surface area contributed by atoms with E-state index in [1.54, 1.807) is 0 Å². The monoisotopic (exact) mass is 217 g/mol. The molecule has 0 bridgehead atoms. The van der Waals surface area contributed by atoms with Gasteiger partial charge in [-0.25, -0.2) is 0 Å². The summed E-state index contributed by atoms with van der Waals surface area (Å²) < 4.78 is 0. The number of carbonyl (C=O) groups is 3. The van der Waals surface area contributed by atoms with Crippen molar-refractivity contribution in [3.05, 3.63) is 12.7 Å². The summed E-state index contributed by atoms with van der Waals surface area (Å²) >= 11 is 0. The smallest absolute Gasteiger partial charge is 0.245 e. The van der Waals surface area contributed by atoms with Gasteiger partial charge in [-0.05, 0) is 33.8 Å². The molecule has 5 heteroatoms. The molecule has 0 atom stereocenters. The molecular weight excluding hydrogens is 198 g/mol. The van der Waals surface area contributed by atoms with Crippen LogP contribution in [0.5, 0.6) is 0 Å². The molecule has 0 rings (SSSR count). The molecule has 0 aliphatic rings. The Hall–Kier alpha value is -1.49. The molecule has 0 saturated carbocycles. The van der Waals surface area contributed by atoms with Gasteiger partial charge in [-0.2, -0.15) is 0 Å². The lowest BCUT2D eigenvalue weighted by atomic mass is 10.6. The first-order valence-electron chi connectivity index (χ1n) is 4.23. The molecule has 0 aromatic carbocycles. The van der Waals surface area contributed by atoms with Gasteiger partial charge in [0.05, 0.1) is 0 Å². The lowest BCUT2D eigenvalue weighted by molar-refractivity contribution is -0.117. The summed E-state index contributed by atoms with van der Waals surface area (Å²) in [4.78, 5) is 28.9. The van der Waals surface area contributed by atoms with Crippen molar-refractivity contribution in [1.29, 1.82) is 0 Å². The molecular formula is C10H19NO4. The van der Waals surface area contributed by atoms with Crippen molar-refractivity contribution in [1.82, 2.24) is 5.32 Å². The van der Waals surface area contributed by atoms with Crippen LogP contribution < -0.4 is 5.32 Å². The van der Waals surface area contributed by atoms with Gasteiger partial charge in [-0.3, -0.25) is 4.79 Å². The van der Waals surface area contributed by atoms with Gasteiger partial charge in [-0.1, -0.05) is 6.58 Å². The highest BCUT2D eigenvalue weighted by Crippen LogP contribution is 1.59. The maximum atomic E-state index is 10.0. The van der Waals surface area contributed by atoms with Crippen LogP contribution in [-0.2, 0) is 14.4 Å². The van der Waals surface area contributed by atoms with E-state index in [0.29, 0.717) is 0 Å². The Kier molecular flexibility index (Phi) is 19.1. The first-order valence-corrected chi connectivity index (χ1v) is 4.23. The Morgan fingerprint density at radius 2 is 1.40 bits per heavy atom. The molecule has 0 aliphatic heterocycles. The summed E-state index contributed by atoms with van der Waals surface area (Å²) in [6, 6.07) is 0. The summed E-state index contributed by atoms with van der Waals surface area (Å²) in [6.07, 6.45) is 1.09. The molecule has 0 heterocycles. The highest BCUT2D eigenvalue weighted by Gasteiger charge is 1.84. The second-order valence-corrected chi connectivity index (χ2v) is 2.72. The summed E-state index contributed by atoms with van der Waals surface area (Å²) in [5, 5.41) is 10.1. The standard InChI is InChI=1S/C4H7NO2.2C3H6O/c1-2-4(7)5-3-6;2*1-3(2)4/h2,6H,1,3H2,(H,5,7);2*1-2H3. The van der Waals surface area contributed by atoms with Crippen molar-refractivity contribution < 1.29 is 19.5 Å². The maximum absolute atomic E-state index is 10.0. The van der Waals surface area contributed by atoms with E-state index in [2.05, 4.69) is 11.9 Å². The molecule has 1 amide bonds. The first kappa shape index (κ1) is 19.1.